The molecule has 1 unspecified atom stereocenters. The summed E-state index contributed by atoms with van der Waals surface area (Å²) in [6, 6.07) is 0. The molecule has 0 aliphatic heterocycles. The second-order valence-corrected chi connectivity index (χ2v) is 4.59. The van der Waals surface area contributed by atoms with Crippen LogP contribution >= 0.6 is 0 Å². The molecule has 0 aromatic carbocycles. The highest BCUT2D eigenvalue weighted by molar-refractivity contribution is 5.80. The van der Waals surface area contributed by atoms with E-state index in [9.17, 15) is 23.1 Å². The van der Waals surface area contributed by atoms with Gasteiger partial charge in [-0.15, -0.1) is 0 Å². The zero-order valence-corrected chi connectivity index (χ0v) is 10.2. The van der Waals surface area contributed by atoms with Crippen molar-refractivity contribution in [3.63, 3.8) is 0 Å². The lowest BCUT2D eigenvalue weighted by Gasteiger charge is -2.30. The molecule has 4 nitrogen and oxygen atoms in total. The molecule has 18 heavy (non-hydrogen) atoms. The van der Waals surface area contributed by atoms with E-state index in [-0.39, 0.29) is 5.92 Å². The first-order valence-corrected chi connectivity index (χ1v) is 5.94. The van der Waals surface area contributed by atoms with Gasteiger partial charge in [0, 0.05) is 0 Å². The van der Waals surface area contributed by atoms with Crippen LogP contribution in [0.3, 0.4) is 0 Å². The summed E-state index contributed by atoms with van der Waals surface area (Å²) < 4.78 is 40.6. The van der Waals surface area contributed by atoms with Crippen LogP contribution in [0.4, 0.5) is 13.2 Å². The van der Waals surface area contributed by atoms with E-state index in [0.29, 0.717) is 25.8 Å². The molecule has 1 aliphatic carbocycles. The number of halogens is 3. The van der Waals surface area contributed by atoms with E-state index < -0.39 is 30.9 Å². The Morgan fingerprint density at radius 3 is 2.39 bits per heavy atom. The molecule has 0 radical (unpaired) electrons. The van der Waals surface area contributed by atoms with Gasteiger partial charge in [0.15, 0.2) is 0 Å². The van der Waals surface area contributed by atoms with Gasteiger partial charge in [-0.3, -0.25) is 10.1 Å². The normalized spacial score (nSPS) is 19.6. The highest BCUT2D eigenvalue weighted by Crippen LogP contribution is 2.40. The van der Waals surface area contributed by atoms with Crippen molar-refractivity contribution in [2.24, 2.45) is 5.92 Å². The van der Waals surface area contributed by atoms with Crippen LogP contribution in [0, 0.1) is 5.92 Å². The summed E-state index contributed by atoms with van der Waals surface area (Å²) in [5.41, 5.74) is -1.37. The number of carboxylic acids is 1. The second kappa shape index (κ2) is 5.88. The Balaban J connectivity index is 2.61. The van der Waals surface area contributed by atoms with Gasteiger partial charge in [-0.05, 0) is 31.7 Å². The molecule has 1 fully saturated rings. The summed E-state index contributed by atoms with van der Waals surface area (Å²) in [5, 5.41) is 12.1. The van der Waals surface area contributed by atoms with Gasteiger partial charge in [-0.25, -0.2) is 0 Å². The molecule has 0 heterocycles. The molecule has 106 valence electrons. The average molecular weight is 269 g/mol. The lowest BCUT2D eigenvalue weighted by atomic mass is 9.94. The van der Waals surface area contributed by atoms with Crippen molar-refractivity contribution in [1.82, 2.24) is 5.32 Å². The number of aliphatic carboxylic acids is 1. The summed E-state index contributed by atoms with van der Waals surface area (Å²) in [4.78, 5) is 11.3. The minimum atomic E-state index is -4.43. The van der Waals surface area contributed by atoms with Gasteiger partial charge in [0.25, 0.3) is 0 Å². The fraction of sp³-hybridized carbons (Fsp3) is 0.909. The maximum absolute atomic E-state index is 12.0. The number of nitrogens with one attached hydrogen (secondary N) is 1. The van der Waals surface area contributed by atoms with Crippen molar-refractivity contribution in [2.75, 3.05) is 19.8 Å². The molecular weight excluding hydrogens is 251 g/mol. The minimum absolute atomic E-state index is 0.144. The van der Waals surface area contributed by atoms with E-state index in [4.69, 9.17) is 0 Å². The SMILES string of the molecule is CCCNC(COCC(F)(F)F)(C(=O)O)C1CC1. The Kier molecular flexibility index (Phi) is 4.98. The van der Waals surface area contributed by atoms with Crippen LogP contribution in [-0.4, -0.2) is 42.5 Å². The average Bonchev–Trinajstić information content (AvgIpc) is 3.05. The molecule has 0 aromatic heterocycles. The maximum Gasteiger partial charge on any atom is 0.411 e. The number of carboxylic acid groups (broad SMARTS) is 1. The van der Waals surface area contributed by atoms with Gasteiger partial charge in [-0.1, -0.05) is 6.92 Å². The van der Waals surface area contributed by atoms with Crippen molar-refractivity contribution in [3.8, 4) is 0 Å². The van der Waals surface area contributed by atoms with Gasteiger partial charge in [0.2, 0.25) is 0 Å². The van der Waals surface area contributed by atoms with Crippen molar-refractivity contribution in [1.29, 1.82) is 0 Å². The Morgan fingerprint density at radius 1 is 1.39 bits per heavy atom. The van der Waals surface area contributed by atoms with E-state index in [0.717, 1.165) is 0 Å². The van der Waals surface area contributed by atoms with Crippen molar-refractivity contribution in [2.45, 2.75) is 37.9 Å². The van der Waals surface area contributed by atoms with Crippen LogP contribution in [0.25, 0.3) is 0 Å². The predicted molar refractivity (Wildman–Crippen MR) is 58.3 cm³/mol. The highest BCUT2D eigenvalue weighted by atomic mass is 19.4. The zero-order valence-electron chi connectivity index (χ0n) is 10.2. The lowest BCUT2D eigenvalue weighted by molar-refractivity contribution is -0.183. The van der Waals surface area contributed by atoms with Crippen molar-refractivity contribution in [3.05, 3.63) is 0 Å². The second-order valence-electron chi connectivity index (χ2n) is 4.59. The minimum Gasteiger partial charge on any atom is -0.480 e. The van der Waals surface area contributed by atoms with Crippen molar-refractivity contribution >= 4 is 5.97 Å². The number of hydrogen-bond donors (Lipinski definition) is 2. The van der Waals surface area contributed by atoms with Crippen LogP contribution in [-0.2, 0) is 9.53 Å². The van der Waals surface area contributed by atoms with Gasteiger partial charge >= 0.3 is 12.1 Å². The topological polar surface area (TPSA) is 58.6 Å². The first-order chi connectivity index (χ1) is 8.32. The summed E-state index contributed by atoms with van der Waals surface area (Å²) in [5.74, 6) is -1.28. The number of alkyl halides is 3. The highest BCUT2D eigenvalue weighted by Gasteiger charge is 2.51. The van der Waals surface area contributed by atoms with E-state index in [1.807, 2.05) is 6.92 Å². The van der Waals surface area contributed by atoms with Crippen LogP contribution in [0.1, 0.15) is 26.2 Å². The molecule has 1 aliphatic rings. The van der Waals surface area contributed by atoms with E-state index >= 15 is 0 Å². The Labute approximate surface area is 103 Å². The van der Waals surface area contributed by atoms with Crippen LogP contribution in [0.2, 0.25) is 0 Å². The molecule has 0 aromatic rings. The summed E-state index contributed by atoms with van der Waals surface area (Å²) in [7, 11) is 0. The standard InChI is InChI=1S/C11H18F3NO3/c1-2-5-15-10(9(16)17,8-3-4-8)6-18-7-11(12,13)14/h8,15H,2-7H2,1H3,(H,16,17). The van der Waals surface area contributed by atoms with Crippen LogP contribution in [0.5, 0.6) is 0 Å². The molecule has 0 spiro atoms. The summed E-state index contributed by atoms with van der Waals surface area (Å²) in [6.45, 7) is 0.441. The first-order valence-electron chi connectivity index (χ1n) is 5.94. The Bertz CT molecular complexity index is 292. The third-order valence-electron chi connectivity index (χ3n) is 2.94. The number of rotatable bonds is 8. The summed E-state index contributed by atoms with van der Waals surface area (Å²) >= 11 is 0. The Hall–Kier alpha value is -0.820. The van der Waals surface area contributed by atoms with Gasteiger partial charge < -0.3 is 9.84 Å². The predicted octanol–water partition coefficient (Wildman–Crippen LogP) is 1.80. The number of ether oxygens (including phenoxy) is 1. The lowest BCUT2D eigenvalue weighted by Crippen LogP contribution is -2.58. The van der Waals surface area contributed by atoms with Crippen LogP contribution in [0.15, 0.2) is 0 Å². The van der Waals surface area contributed by atoms with E-state index in [1.54, 1.807) is 0 Å². The molecule has 1 saturated carbocycles. The smallest absolute Gasteiger partial charge is 0.411 e. The van der Waals surface area contributed by atoms with Gasteiger partial charge in [-0.2, -0.15) is 13.2 Å². The third kappa shape index (κ3) is 4.13. The fourth-order valence-electron chi connectivity index (χ4n) is 1.88. The number of carbonyl (C=O) groups is 1. The van der Waals surface area contributed by atoms with E-state index in [1.165, 1.54) is 0 Å². The van der Waals surface area contributed by atoms with Crippen molar-refractivity contribution < 1.29 is 27.8 Å². The molecular formula is C11H18F3NO3. The molecule has 0 saturated heterocycles. The van der Waals surface area contributed by atoms with E-state index in [2.05, 4.69) is 10.1 Å². The third-order valence-corrected chi connectivity index (χ3v) is 2.94. The quantitative estimate of drug-likeness (QED) is 0.705. The number of hydrogen-bond acceptors (Lipinski definition) is 3. The van der Waals surface area contributed by atoms with Gasteiger partial charge in [0.05, 0.1) is 6.61 Å². The fourth-order valence-corrected chi connectivity index (χ4v) is 1.88. The molecule has 1 rings (SSSR count). The molecule has 0 bridgehead atoms. The Morgan fingerprint density at radius 2 is 2.00 bits per heavy atom. The molecule has 1 atom stereocenters. The molecule has 0 amide bonds. The molecule has 7 heteroatoms. The molecule has 2 N–H and O–H groups in total. The maximum atomic E-state index is 12.0. The largest absolute Gasteiger partial charge is 0.480 e. The summed E-state index contributed by atoms with van der Waals surface area (Å²) in [6.07, 6.45) is -2.31. The first kappa shape index (κ1) is 15.2. The van der Waals surface area contributed by atoms with Gasteiger partial charge in [0.1, 0.15) is 12.1 Å². The monoisotopic (exact) mass is 269 g/mol. The zero-order chi connectivity index (χ0) is 13.8. The van der Waals surface area contributed by atoms with Crippen LogP contribution < -0.4 is 5.32 Å².